The molecular weight excluding hydrogens is 238 g/mol. The van der Waals surface area contributed by atoms with Crippen LogP contribution in [0.25, 0.3) is 0 Å². The monoisotopic (exact) mass is 249 g/mol. The molecule has 2 rings (SSSR count). The molecule has 2 aromatic heterocycles. The maximum Gasteiger partial charge on any atom is 0.156 e. The van der Waals surface area contributed by atoms with Crippen molar-refractivity contribution in [3.8, 4) is 0 Å². The lowest BCUT2D eigenvalue weighted by molar-refractivity contribution is 0.384. The molecule has 0 aliphatic heterocycles. The first kappa shape index (κ1) is 11.5. The van der Waals surface area contributed by atoms with Gasteiger partial charge < -0.3 is 15.6 Å². The molecule has 0 aliphatic rings. The van der Waals surface area contributed by atoms with E-state index in [1.54, 1.807) is 6.20 Å². The van der Waals surface area contributed by atoms with Crippen molar-refractivity contribution in [1.82, 2.24) is 15.1 Å². The van der Waals surface area contributed by atoms with Crippen LogP contribution >= 0.6 is 12.2 Å². The molecule has 0 unspecified atom stereocenters. The normalized spacial score (nSPS) is 10.2. The van der Waals surface area contributed by atoms with Gasteiger partial charge in [0.1, 0.15) is 10.7 Å². The topological polar surface area (TPSA) is 89.9 Å². The lowest BCUT2D eigenvalue weighted by atomic mass is 10.3. The molecule has 0 saturated carbocycles. The third-order valence-corrected chi connectivity index (χ3v) is 2.23. The van der Waals surface area contributed by atoms with Crippen LogP contribution in [0.4, 0.5) is 5.82 Å². The van der Waals surface area contributed by atoms with Gasteiger partial charge in [-0.15, -0.1) is 0 Å². The Morgan fingerprint density at radius 2 is 2.24 bits per heavy atom. The third-order valence-electron chi connectivity index (χ3n) is 2.04. The van der Waals surface area contributed by atoms with E-state index in [2.05, 4.69) is 20.4 Å². The second-order valence-corrected chi connectivity index (χ2v) is 3.85. The lowest BCUT2D eigenvalue weighted by Gasteiger charge is -2.06. The van der Waals surface area contributed by atoms with E-state index in [9.17, 15) is 0 Å². The zero-order chi connectivity index (χ0) is 12.3. The van der Waals surface area contributed by atoms with Crippen LogP contribution in [-0.4, -0.2) is 20.1 Å². The Bertz CT molecular complexity index is 539. The van der Waals surface area contributed by atoms with Gasteiger partial charge in [0, 0.05) is 18.5 Å². The molecular formula is C10H11N5OS. The summed E-state index contributed by atoms with van der Waals surface area (Å²) in [5.41, 5.74) is 6.84. The van der Waals surface area contributed by atoms with Crippen molar-refractivity contribution in [3.05, 3.63) is 35.6 Å². The number of nitrogens with two attached hydrogens (primary N) is 1. The largest absolute Gasteiger partial charge is 0.388 e. The molecule has 0 spiro atoms. The first-order valence-corrected chi connectivity index (χ1v) is 5.34. The van der Waals surface area contributed by atoms with Gasteiger partial charge in [0.2, 0.25) is 0 Å². The molecule has 0 atom stereocenters. The zero-order valence-electron chi connectivity index (χ0n) is 9.17. The second kappa shape index (κ2) is 4.88. The molecule has 0 amide bonds. The quantitative estimate of drug-likeness (QED) is 0.782. The molecule has 0 aliphatic carbocycles. The first-order chi connectivity index (χ1) is 8.16. The minimum absolute atomic E-state index is 0.203. The number of hydrogen-bond donors (Lipinski definition) is 2. The Balaban J connectivity index is 2.11. The van der Waals surface area contributed by atoms with Gasteiger partial charge in [-0.05, 0) is 6.92 Å². The van der Waals surface area contributed by atoms with Crippen LogP contribution in [-0.2, 0) is 6.54 Å². The molecule has 0 saturated heterocycles. The van der Waals surface area contributed by atoms with Gasteiger partial charge in [-0.2, -0.15) is 0 Å². The standard InChI is InChI=1S/C10H11N5OS/c1-6-4-7(16-15-6)5-14-10-8(9(11)17)12-2-3-13-10/h2-4H,5H2,1H3,(H2,11,17)(H,13,14). The molecule has 0 fully saturated rings. The third kappa shape index (κ3) is 2.76. The first-order valence-electron chi connectivity index (χ1n) is 4.93. The molecule has 0 radical (unpaired) electrons. The van der Waals surface area contributed by atoms with Crippen LogP contribution in [0, 0.1) is 6.92 Å². The molecule has 2 aromatic rings. The van der Waals surface area contributed by atoms with Crippen molar-refractivity contribution >= 4 is 23.0 Å². The highest BCUT2D eigenvalue weighted by Gasteiger charge is 2.08. The Morgan fingerprint density at radius 3 is 2.88 bits per heavy atom. The van der Waals surface area contributed by atoms with E-state index in [0.717, 1.165) is 5.69 Å². The average Bonchev–Trinajstić information content (AvgIpc) is 2.73. The summed E-state index contributed by atoms with van der Waals surface area (Å²) in [6.45, 7) is 2.31. The molecule has 88 valence electrons. The Hall–Kier alpha value is -2.02. The molecule has 7 heteroatoms. The fourth-order valence-electron chi connectivity index (χ4n) is 1.32. The lowest BCUT2D eigenvalue weighted by Crippen LogP contribution is -2.16. The van der Waals surface area contributed by atoms with Gasteiger partial charge >= 0.3 is 0 Å². The number of nitrogens with one attached hydrogen (secondary N) is 1. The SMILES string of the molecule is Cc1cc(CNc2nccnc2C(N)=S)on1. The molecule has 0 bridgehead atoms. The zero-order valence-corrected chi connectivity index (χ0v) is 9.99. The fraction of sp³-hybridized carbons (Fsp3) is 0.200. The van der Waals surface area contributed by atoms with Gasteiger partial charge in [-0.3, -0.25) is 0 Å². The van der Waals surface area contributed by atoms with Crippen molar-refractivity contribution in [1.29, 1.82) is 0 Å². The summed E-state index contributed by atoms with van der Waals surface area (Å²) in [5, 5.41) is 6.83. The van der Waals surface area contributed by atoms with Crippen molar-refractivity contribution < 1.29 is 4.52 Å². The van der Waals surface area contributed by atoms with Crippen molar-refractivity contribution in [2.24, 2.45) is 5.73 Å². The number of aryl methyl sites for hydroxylation is 1. The van der Waals surface area contributed by atoms with E-state index >= 15 is 0 Å². The van der Waals surface area contributed by atoms with E-state index < -0.39 is 0 Å². The number of thiocarbonyl (C=S) groups is 1. The van der Waals surface area contributed by atoms with Crippen molar-refractivity contribution in [2.75, 3.05) is 5.32 Å². The second-order valence-electron chi connectivity index (χ2n) is 3.41. The molecule has 3 N–H and O–H groups in total. The van der Waals surface area contributed by atoms with Crippen LogP contribution in [0.5, 0.6) is 0 Å². The predicted molar refractivity (Wildman–Crippen MR) is 66.5 cm³/mol. The van der Waals surface area contributed by atoms with Crippen molar-refractivity contribution in [2.45, 2.75) is 13.5 Å². The van der Waals surface area contributed by atoms with E-state index in [0.29, 0.717) is 23.8 Å². The van der Waals surface area contributed by atoms with Crippen LogP contribution in [0.15, 0.2) is 23.0 Å². The van der Waals surface area contributed by atoms with Gasteiger partial charge in [0.25, 0.3) is 0 Å². The summed E-state index contributed by atoms with van der Waals surface area (Å²) in [5.74, 6) is 1.25. The molecule has 0 aromatic carbocycles. The number of rotatable bonds is 4. The summed E-state index contributed by atoms with van der Waals surface area (Å²) in [7, 11) is 0. The van der Waals surface area contributed by atoms with Gasteiger partial charge in [-0.25, -0.2) is 9.97 Å². The highest BCUT2D eigenvalue weighted by atomic mass is 32.1. The number of hydrogen-bond acceptors (Lipinski definition) is 6. The number of aromatic nitrogens is 3. The number of nitrogens with zero attached hydrogens (tertiary/aromatic N) is 3. The molecule has 6 nitrogen and oxygen atoms in total. The predicted octanol–water partition coefficient (Wildman–Crippen LogP) is 1.02. The summed E-state index contributed by atoms with van der Waals surface area (Å²) < 4.78 is 5.06. The summed E-state index contributed by atoms with van der Waals surface area (Å²) >= 11 is 4.88. The van der Waals surface area contributed by atoms with E-state index in [-0.39, 0.29) is 4.99 Å². The Kier molecular flexibility index (Phi) is 3.29. The van der Waals surface area contributed by atoms with E-state index in [1.165, 1.54) is 6.20 Å². The van der Waals surface area contributed by atoms with Crippen LogP contribution in [0.1, 0.15) is 17.1 Å². The van der Waals surface area contributed by atoms with Crippen molar-refractivity contribution in [3.63, 3.8) is 0 Å². The van der Waals surface area contributed by atoms with Gasteiger partial charge in [0.05, 0.1) is 12.2 Å². The summed E-state index contributed by atoms with van der Waals surface area (Å²) in [4.78, 5) is 8.38. The Morgan fingerprint density at radius 1 is 1.47 bits per heavy atom. The highest BCUT2D eigenvalue weighted by molar-refractivity contribution is 7.80. The minimum atomic E-state index is 0.203. The highest BCUT2D eigenvalue weighted by Crippen LogP contribution is 2.10. The van der Waals surface area contributed by atoms with Crippen LogP contribution in [0.3, 0.4) is 0 Å². The maximum atomic E-state index is 5.54. The fourth-order valence-corrected chi connectivity index (χ4v) is 1.47. The smallest absolute Gasteiger partial charge is 0.156 e. The number of anilines is 1. The average molecular weight is 249 g/mol. The molecule has 2 heterocycles. The van der Waals surface area contributed by atoms with Crippen LogP contribution < -0.4 is 11.1 Å². The maximum absolute atomic E-state index is 5.54. The van der Waals surface area contributed by atoms with E-state index in [1.807, 2.05) is 13.0 Å². The van der Waals surface area contributed by atoms with Gasteiger partial charge in [0.15, 0.2) is 11.6 Å². The van der Waals surface area contributed by atoms with E-state index in [4.69, 9.17) is 22.5 Å². The summed E-state index contributed by atoms with van der Waals surface area (Å²) in [6, 6.07) is 1.84. The van der Waals surface area contributed by atoms with Crippen LogP contribution in [0.2, 0.25) is 0 Å². The summed E-state index contributed by atoms with van der Waals surface area (Å²) in [6.07, 6.45) is 3.11. The van der Waals surface area contributed by atoms with Gasteiger partial charge in [-0.1, -0.05) is 17.4 Å². The Labute approximate surface area is 103 Å². The molecule has 17 heavy (non-hydrogen) atoms. The minimum Gasteiger partial charge on any atom is -0.388 e.